The van der Waals surface area contributed by atoms with Crippen LogP contribution in [0.3, 0.4) is 0 Å². The third-order valence-electron chi connectivity index (χ3n) is 2.34. The van der Waals surface area contributed by atoms with Crippen LogP contribution < -0.4 is 0 Å². The molecule has 0 radical (unpaired) electrons. The summed E-state index contributed by atoms with van der Waals surface area (Å²) in [7, 11) is 0. The highest BCUT2D eigenvalue weighted by molar-refractivity contribution is 4.89. The lowest BCUT2D eigenvalue weighted by Crippen LogP contribution is -2.30. The molecule has 0 aliphatic heterocycles. The zero-order valence-electron chi connectivity index (χ0n) is 6.24. The molecule has 0 amide bonds. The minimum atomic E-state index is -2.52. The minimum Gasteiger partial charge on any atom is -0.390 e. The molecule has 1 aliphatic rings. The second-order valence-corrected chi connectivity index (χ2v) is 3.19. The number of rotatable bonds is 1. The molecular weight excluding hydrogens is 154 g/mol. The second-order valence-electron chi connectivity index (χ2n) is 3.19. The Morgan fingerprint density at radius 3 is 2.00 bits per heavy atom. The molecule has 11 heavy (non-hydrogen) atoms. The summed E-state index contributed by atoms with van der Waals surface area (Å²) in [5.41, 5.74) is 0. The van der Waals surface area contributed by atoms with Crippen LogP contribution in [0.4, 0.5) is 8.78 Å². The number of alkyl halides is 2. The van der Waals surface area contributed by atoms with Crippen LogP contribution in [0.15, 0.2) is 0 Å². The Morgan fingerprint density at radius 1 is 1.27 bits per heavy atom. The maximum atomic E-state index is 12.1. The first-order valence-corrected chi connectivity index (χ1v) is 3.68. The predicted octanol–water partition coefficient (Wildman–Crippen LogP) is 0.629. The van der Waals surface area contributed by atoms with Crippen molar-refractivity contribution in [3.05, 3.63) is 0 Å². The van der Waals surface area contributed by atoms with Gasteiger partial charge in [0.1, 0.15) is 0 Å². The summed E-state index contributed by atoms with van der Waals surface area (Å²) in [6.45, 7) is 1.66. The molecule has 0 saturated heterocycles. The van der Waals surface area contributed by atoms with Crippen LogP contribution in [-0.4, -0.2) is 28.8 Å². The van der Waals surface area contributed by atoms with E-state index in [1.165, 1.54) is 0 Å². The third-order valence-corrected chi connectivity index (χ3v) is 2.34. The van der Waals surface area contributed by atoms with Gasteiger partial charge in [-0.15, -0.1) is 0 Å². The van der Waals surface area contributed by atoms with Gasteiger partial charge in [-0.1, -0.05) is 6.92 Å². The molecular formula is C7H12F2O2. The molecule has 0 aromatic carbocycles. The highest BCUT2D eigenvalue weighted by Gasteiger charge is 2.43. The molecule has 4 atom stereocenters. The maximum Gasteiger partial charge on any atom is 0.244 e. The van der Waals surface area contributed by atoms with Gasteiger partial charge in [0, 0.05) is 5.92 Å². The van der Waals surface area contributed by atoms with Crippen LogP contribution >= 0.6 is 0 Å². The molecule has 0 aromatic rings. The zero-order chi connectivity index (χ0) is 8.59. The van der Waals surface area contributed by atoms with E-state index in [4.69, 9.17) is 10.2 Å². The van der Waals surface area contributed by atoms with Gasteiger partial charge in [-0.3, -0.25) is 0 Å². The second kappa shape index (κ2) is 3.03. The molecule has 66 valence electrons. The summed E-state index contributed by atoms with van der Waals surface area (Å²) >= 11 is 0. The van der Waals surface area contributed by atoms with Gasteiger partial charge in [-0.25, -0.2) is 8.78 Å². The first kappa shape index (κ1) is 8.87. The first-order valence-electron chi connectivity index (χ1n) is 3.68. The lowest BCUT2D eigenvalue weighted by Gasteiger charge is -2.14. The quantitative estimate of drug-likeness (QED) is 0.599. The Kier molecular flexibility index (Phi) is 2.44. The minimum absolute atomic E-state index is 0.208. The summed E-state index contributed by atoms with van der Waals surface area (Å²) in [4.78, 5) is 0. The molecule has 2 nitrogen and oxygen atoms in total. The highest BCUT2D eigenvalue weighted by atomic mass is 19.3. The molecule has 1 fully saturated rings. The van der Waals surface area contributed by atoms with E-state index in [0.29, 0.717) is 0 Å². The first-order chi connectivity index (χ1) is 5.04. The molecule has 0 spiro atoms. The molecule has 2 N–H and O–H groups in total. The third kappa shape index (κ3) is 1.51. The summed E-state index contributed by atoms with van der Waals surface area (Å²) in [6, 6.07) is 0. The van der Waals surface area contributed by atoms with E-state index in [1.54, 1.807) is 6.92 Å². The van der Waals surface area contributed by atoms with Crippen LogP contribution in [0.2, 0.25) is 0 Å². The standard InChI is InChI=1S/C7H12F2O2/c1-3-2-4(7(8)9)6(11)5(3)10/h3-7,10-11H,2H2,1H3/t3-,4+,5+,6-/m1/s1. The van der Waals surface area contributed by atoms with Crippen molar-refractivity contribution in [3.63, 3.8) is 0 Å². The Bertz CT molecular complexity index is 140. The monoisotopic (exact) mass is 166 g/mol. The molecule has 1 aliphatic carbocycles. The van der Waals surface area contributed by atoms with E-state index < -0.39 is 24.6 Å². The summed E-state index contributed by atoms with van der Waals surface area (Å²) in [5, 5.41) is 18.2. The Balaban J connectivity index is 2.59. The van der Waals surface area contributed by atoms with Crippen molar-refractivity contribution >= 4 is 0 Å². The fraction of sp³-hybridized carbons (Fsp3) is 1.00. The van der Waals surface area contributed by atoms with Gasteiger partial charge in [0.2, 0.25) is 6.43 Å². The molecule has 1 rings (SSSR count). The van der Waals surface area contributed by atoms with Crippen LogP contribution in [0.5, 0.6) is 0 Å². The van der Waals surface area contributed by atoms with Crippen molar-refractivity contribution in [1.82, 2.24) is 0 Å². The van der Waals surface area contributed by atoms with Crippen molar-refractivity contribution in [2.45, 2.75) is 32.0 Å². The average Bonchev–Trinajstić information content (AvgIpc) is 2.17. The van der Waals surface area contributed by atoms with Crippen LogP contribution in [0.1, 0.15) is 13.3 Å². The molecule has 4 heteroatoms. The van der Waals surface area contributed by atoms with Crippen LogP contribution in [0.25, 0.3) is 0 Å². The summed E-state index contributed by atoms with van der Waals surface area (Å²) in [5.74, 6) is -1.26. The summed E-state index contributed by atoms with van der Waals surface area (Å²) < 4.78 is 24.1. The van der Waals surface area contributed by atoms with Gasteiger partial charge in [0.15, 0.2) is 0 Å². The molecule has 0 aromatic heterocycles. The number of aliphatic hydroxyl groups excluding tert-OH is 2. The van der Waals surface area contributed by atoms with E-state index >= 15 is 0 Å². The molecule has 0 unspecified atom stereocenters. The van der Waals surface area contributed by atoms with E-state index in [9.17, 15) is 8.78 Å². The number of hydrogen-bond acceptors (Lipinski definition) is 2. The maximum absolute atomic E-state index is 12.1. The Labute approximate surface area is 63.8 Å². The predicted molar refractivity (Wildman–Crippen MR) is 35.3 cm³/mol. The Morgan fingerprint density at radius 2 is 1.82 bits per heavy atom. The topological polar surface area (TPSA) is 40.5 Å². The van der Waals surface area contributed by atoms with Gasteiger partial charge in [-0.2, -0.15) is 0 Å². The number of aliphatic hydroxyl groups is 2. The van der Waals surface area contributed by atoms with Crippen molar-refractivity contribution in [3.8, 4) is 0 Å². The number of halogens is 2. The van der Waals surface area contributed by atoms with Gasteiger partial charge in [-0.05, 0) is 12.3 Å². The van der Waals surface area contributed by atoms with E-state index in [1.807, 2.05) is 0 Å². The van der Waals surface area contributed by atoms with Crippen LogP contribution in [0, 0.1) is 11.8 Å². The fourth-order valence-corrected chi connectivity index (χ4v) is 1.55. The fourth-order valence-electron chi connectivity index (χ4n) is 1.55. The van der Waals surface area contributed by atoms with E-state index in [2.05, 4.69) is 0 Å². The Hall–Kier alpha value is -0.220. The largest absolute Gasteiger partial charge is 0.390 e. The van der Waals surface area contributed by atoms with E-state index in [-0.39, 0.29) is 12.3 Å². The van der Waals surface area contributed by atoms with Crippen molar-refractivity contribution in [1.29, 1.82) is 0 Å². The molecule has 0 heterocycles. The van der Waals surface area contributed by atoms with Crippen LogP contribution in [-0.2, 0) is 0 Å². The normalized spacial score (nSPS) is 45.3. The average molecular weight is 166 g/mol. The lowest BCUT2D eigenvalue weighted by molar-refractivity contribution is -0.0366. The SMILES string of the molecule is C[C@@H]1C[C@H](C(F)F)[C@@H](O)[C@H]1O. The van der Waals surface area contributed by atoms with Gasteiger partial charge < -0.3 is 10.2 Å². The van der Waals surface area contributed by atoms with Crippen molar-refractivity contribution in [2.24, 2.45) is 11.8 Å². The van der Waals surface area contributed by atoms with Crippen molar-refractivity contribution in [2.75, 3.05) is 0 Å². The van der Waals surface area contributed by atoms with Crippen molar-refractivity contribution < 1.29 is 19.0 Å². The smallest absolute Gasteiger partial charge is 0.244 e. The highest BCUT2D eigenvalue weighted by Crippen LogP contribution is 2.34. The molecule has 0 bridgehead atoms. The molecule has 1 saturated carbocycles. The van der Waals surface area contributed by atoms with Gasteiger partial charge >= 0.3 is 0 Å². The zero-order valence-corrected chi connectivity index (χ0v) is 6.24. The lowest BCUT2D eigenvalue weighted by atomic mass is 10.1. The van der Waals surface area contributed by atoms with Gasteiger partial charge in [0.25, 0.3) is 0 Å². The number of hydrogen-bond donors (Lipinski definition) is 2. The summed E-state index contributed by atoms with van der Waals surface area (Å²) in [6.07, 6.45) is -4.54. The van der Waals surface area contributed by atoms with Gasteiger partial charge in [0.05, 0.1) is 12.2 Å². The van der Waals surface area contributed by atoms with E-state index in [0.717, 1.165) is 0 Å².